The first-order valence-corrected chi connectivity index (χ1v) is 5.34. The molecule has 6 heteroatoms. The van der Waals surface area contributed by atoms with Crippen LogP contribution < -0.4 is 30.3 Å². The number of amides is 1. The third-order valence-electron chi connectivity index (χ3n) is 1.85. The Balaban J connectivity index is -0.000000251. The fraction of sp³-hybridized carbons (Fsp3) is 0.667. The number of nitrogens with two attached hydrogens (primary N) is 2. The van der Waals surface area contributed by atoms with Gasteiger partial charge in [-0.2, -0.15) is 19.8 Å². The molecular weight excluding hydrogens is 227 g/mol. The van der Waals surface area contributed by atoms with Gasteiger partial charge in [-0.1, -0.05) is 6.47 Å². The zero-order valence-corrected chi connectivity index (χ0v) is 12.1. The summed E-state index contributed by atoms with van der Waals surface area (Å²) in [5, 5.41) is 0. The molecule has 0 aromatic carbocycles. The fourth-order valence-corrected chi connectivity index (χ4v) is 0.815. The molecule has 0 fully saturated rings. The Bertz CT molecular complexity index is 242. The summed E-state index contributed by atoms with van der Waals surface area (Å²) in [5.41, 5.74) is 9.32. The van der Waals surface area contributed by atoms with E-state index < -0.39 is 11.4 Å². The molecule has 0 aromatic rings. The van der Waals surface area contributed by atoms with E-state index in [-0.39, 0.29) is 24.5 Å². The van der Waals surface area contributed by atoms with Gasteiger partial charge in [0.15, 0.2) is 0 Å². The summed E-state index contributed by atoms with van der Waals surface area (Å²) >= 11 is 0. The molecule has 0 saturated heterocycles. The monoisotopic (exact) mass is 250 g/mol. The van der Waals surface area contributed by atoms with E-state index in [2.05, 4.69) is 11.7 Å². The molecule has 0 heterocycles. The molecule has 0 spiro atoms. The van der Waals surface area contributed by atoms with Gasteiger partial charge in [0.1, 0.15) is 0 Å². The summed E-state index contributed by atoms with van der Waals surface area (Å²) in [6.45, 7) is 12.1. The second kappa shape index (κ2) is 10.4. The Kier molecular flexibility index (Phi) is 13.1. The molecule has 102 valence electrons. The first-order chi connectivity index (χ1) is 7.63. The minimum atomic E-state index is -0.936. The summed E-state index contributed by atoms with van der Waals surface area (Å²) in [7, 11) is 0. The van der Waals surface area contributed by atoms with E-state index in [0.29, 0.717) is 12.8 Å². The molecule has 0 unspecified atom stereocenters. The predicted octanol–water partition coefficient (Wildman–Crippen LogP) is -2.12. The zero-order valence-electron chi connectivity index (χ0n) is 12.1. The first-order valence-electron chi connectivity index (χ1n) is 5.34. The molecule has 1 atom stereocenters. The summed E-state index contributed by atoms with van der Waals surface area (Å²) in [6.07, 6.45) is 2.65. The van der Waals surface area contributed by atoms with Crippen LogP contribution in [0.3, 0.4) is 0 Å². The van der Waals surface area contributed by atoms with Gasteiger partial charge in [-0.15, -0.1) is 0 Å². The van der Waals surface area contributed by atoms with Crippen LogP contribution >= 0.6 is 0 Å². The van der Waals surface area contributed by atoms with Crippen molar-refractivity contribution in [2.24, 2.45) is 11.5 Å². The predicted molar refractivity (Wildman–Crippen MR) is 67.2 cm³/mol. The Hall–Kier alpha value is -0.503. The normalized spacial score (nSPS) is 13.2. The maximum atomic E-state index is 10.7. The smallest absolute Gasteiger partial charge is 0.649 e. The van der Waals surface area contributed by atoms with Crippen molar-refractivity contribution < 1.29 is 33.2 Å². The minimum absolute atomic E-state index is 0. The number of ether oxygens (including phenoxy) is 1. The molecule has 5 nitrogen and oxygen atoms in total. The summed E-state index contributed by atoms with van der Waals surface area (Å²) in [6, 6.07) is 0. The van der Waals surface area contributed by atoms with Crippen LogP contribution in [0.25, 0.3) is 0 Å². The molecular formula is C12H23LiN2O3-2. The molecule has 4 N–H and O–H groups in total. The summed E-state index contributed by atoms with van der Waals surface area (Å²) in [5.74, 6) is -0.486. The van der Waals surface area contributed by atoms with Crippen molar-refractivity contribution >= 4 is 12.4 Å². The van der Waals surface area contributed by atoms with Gasteiger partial charge in [-0.05, 0) is 20.8 Å². The largest absolute Gasteiger partial charge is 1.00 e. The average Bonchev–Trinajstić information content (AvgIpc) is 2.16. The van der Waals surface area contributed by atoms with Crippen molar-refractivity contribution in [2.45, 2.75) is 51.7 Å². The van der Waals surface area contributed by atoms with Crippen LogP contribution in [-0.4, -0.2) is 23.5 Å². The van der Waals surface area contributed by atoms with Gasteiger partial charge in [-0.3, -0.25) is 4.79 Å². The van der Waals surface area contributed by atoms with Gasteiger partial charge in [0.2, 0.25) is 5.91 Å². The van der Waals surface area contributed by atoms with Crippen LogP contribution in [0.15, 0.2) is 0 Å². The van der Waals surface area contributed by atoms with Crippen molar-refractivity contribution in [2.75, 3.05) is 0 Å². The molecule has 0 aromatic heterocycles. The maximum Gasteiger partial charge on any atom is 1.00 e. The quantitative estimate of drug-likeness (QED) is 0.431. The molecule has 0 aliphatic carbocycles. The third-order valence-corrected chi connectivity index (χ3v) is 1.85. The van der Waals surface area contributed by atoms with E-state index in [0.717, 1.165) is 0 Å². The van der Waals surface area contributed by atoms with Crippen LogP contribution in [-0.2, 0) is 14.3 Å². The Morgan fingerprint density at radius 3 is 1.94 bits per heavy atom. The minimum Gasteiger partial charge on any atom is -0.649 e. The molecule has 1 amide bonds. The number of carbonyl (C=O) groups excluding carboxylic acids is 2. The third kappa shape index (κ3) is 12.0. The average molecular weight is 250 g/mol. The van der Waals surface area contributed by atoms with Crippen molar-refractivity contribution in [1.82, 2.24) is 0 Å². The molecule has 0 radical (unpaired) electrons. The van der Waals surface area contributed by atoms with Crippen LogP contribution in [0, 0.1) is 13.3 Å². The van der Waals surface area contributed by atoms with Gasteiger partial charge in [0, 0.05) is 5.54 Å². The molecule has 0 saturated carbocycles. The SMILES string of the molecule is CC(C)(C)O[C-]=O.[CH2-]C[C@@](N)(C[CH-]C)C(N)=O.[Li+]. The second-order valence-electron chi connectivity index (χ2n) is 4.68. The summed E-state index contributed by atoms with van der Waals surface area (Å²) < 4.78 is 4.42. The van der Waals surface area contributed by atoms with Crippen molar-refractivity contribution in [3.05, 3.63) is 13.3 Å². The number of hydrogen-bond donors (Lipinski definition) is 2. The number of rotatable bonds is 5. The van der Waals surface area contributed by atoms with E-state index in [1.54, 1.807) is 20.8 Å². The van der Waals surface area contributed by atoms with Gasteiger partial charge >= 0.3 is 18.9 Å². The van der Waals surface area contributed by atoms with Crippen molar-refractivity contribution in [3.63, 3.8) is 0 Å². The van der Waals surface area contributed by atoms with Gasteiger partial charge in [-0.25, -0.2) is 0 Å². The zero-order chi connectivity index (χ0) is 14.1. The van der Waals surface area contributed by atoms with Crippen LogP contribution in [0.2, 0.25) is 0 Å². The molecule has 0 aliphatic rings. The van der Waals surface area contributed by atoms with Gasteiger partial charge < -0.3 is 34.3 Å². The van der Waals surface area contributed by atoms with Gasteiger partial charge in [0.25, 0.3) is 0 Å². The number of hydrogen-bond acceptors (Lipinski definition) is 4. The van der Waals surface area contributed by atoms with E-state index in [4.69, 9.17) is 11.5 Å². The standard InChI is InChI=1S/C7H14N2O.C5H9O2.Li/c1-3-5-7(9,4-2)6(8)10;1-5(2,3)7-4-6;/h3H,2,4-5,9H2,1H3,(H2,8,10);1-3H3;/q-2;-1;+1/t7-;;/m1../s1. The number of primary amides is 1. The van der Waals surface area contributed by atoms with E-state index in [1.807, 2.05) is 13.3 Å². The molecule has 0 bridgehead atoms. The Labute approximate surface area is 122 Å². The van der Waals surface area contributed by atoms with Crippen molar-refractivity contribution in [3.8, 4) is 0 Å². The van der Waals surface area contributed by atoms with E-state index in [9.17, 15) is 9.59 Å². The van der Waals surface area contributed by atoms with E-state index >= 15 is 0 Å². The molecule has 18 heavy (non-hydrogen) atoms. The van der Waals surface area contributed by atoms with E-state index in [1.165, 1.54) is 6.47 Å². The second-order valence-corrected chi connectivity index (χ2v) is 4.68. The maximum absolute atomic E-state index is 10.7. The Morgan fingerprint density at radius 1 is 1.44 bits per heavy atom. The van der Waals surface area contributed by atoms with Crippen LogP contribution in [0.1, 0.15) is 40.5 Å². The van der Waals surface area contributed by atoms with Gasteiger partial charge in [0.05, 0.1) is 5.60 Å². The fourth-order valence-electron chi connectivity index (χ4n) is 0.815. The van der Waals surface area contributed by atoms with Crippen molar-refractivity contribution in [1.29, 1.82) is 0 Å². The van der Waals surface area contributed by atoms with Crippen LogP contribution in [0.5, 0.6) is 0 Å². The Morgan fingerprint density at radius 2 is 1.89 bits per heavy atom. The molecule has 0 rings (SSSR count). The van der Waals surface area contributed by atoms with Crippen LogP contribution in [0.4, 0.5) is 0 Å². The first kappa shape index (κ1) is 22.7. The topological polar surface area (TPSA) is 95.4 Å². The number of carbonyl (C=O) groups is 1. The molecule has 0 aliphatic heterocycles. The summed E-state index contributed by atoms with van der Waals surface area (Å²) in [4.78, 5) is 20.2.